The number of hydrogen-bond acceptors (Lipinski definition) is 5. The molecule has 8 heteroatoms. The van der Waals surface area contributed by atoms with Crippen LogP contribution in [-0.4, -0.2) is 31.6 Å². The normalized spacial score (nSPS) is 23.6. The molecule has 2 atom stereocenters. The molecule has 33 heavy (non-hydrogen) atoms. The number of carbonyl (C=O) groups excluding carboxylic acids is 1. The molecule has 2 unspecified atom stereocenters. The second kappa shape index (κ2) is 8.93. The topological polar surface area (TPSA) is 83.9 Å². The summed E-state index contributed by atoms with van der Waals surface area (Å²) in [5, 5.41) is 12.7. The molecular weight excluding hydrogens is 462 g/mol. The molecule has 0 bridgehead atoms. The van der Waals surface area contributed by atoms with Crippen LogP contribution in [0.25, 0.3) is 0 Å². The number of aliphatic hydroxyl groups is 1. The van der Waals surface area contributed by atoms with Crippen LogP contribution in [0.2, 0.25) is 5.02 Å². The van der Waals surface area contributed by atoms with Gasteiger partial charge >= 0.3 is 5.97 Å². The van der Waals surface area contributed by atoms with Crippen LogP contribution in [0.1, 0.15) is 57.1 Å². The standard InChI is InChI=1S/C25H30ClNO5S/c1-16(2)32-24(28)23-25(29,18-7-5-4-6-8-18)21-15-19(26)11-14-22(21)27(23)33(30,31)20-12-9-17(3)10-13-20/h9-16,18,23,29H,4-8H2,1-3H3. The van der Waals surface area contributed by atoms with Crippen molar-refractivity contribution in [1.82, 2.24) is 0 Å². The van der Waals surface area contributed by atoms with Gasteiger partial charge in [0.15, 0.2) is 6.04 Å². The van der Waals surface area contributed by atoms with E-state index in [9.17, 15) is 18.3 Å². The molecule has 0 spiro atoms. The molecule has 1 saturated carbocycles. The first-order valence-corrected chi connectivity index (χ1v) is 13.2. The zero-order chi connectivity index (χ0) is 24.0. The zero-order valence-electron chi connectivity index (χ0n) is 19.1. The lowest BCUT2D eigenvalue weighted by molar-refractivity contribution is -0.159. The molecule has 178 valence electrons. The van der Waals surface area contributed by atoms with E-state index >= 15 is 0 Å². The van der Waals surface area contributed by atoms with Gasteiger partial charge in [-0.05, 0) is 69.9 Å². The molecule has 2 aromatic carbocycles. The number of hydrogen-bond donors (Lipinski definition) is 1. The maximum atomic E-state index is 13.9. The van der Waals surface area contributed by atoms with Crippen LogP contribution in [0.4, 0.5) is 5.69 Å². The molecule has 1 fully saturated rings. The van der Waals surface area contributed by atoms with Gasteiger partial charge in [0.1, 0.15) is 5.60 Å². The van der Waals surface area contributed by atoms with Gasteiger partial charge in [0, 0.05) is 10.6 Å². The van der Waals surface area contributed by atoms with E-state index in [1.54, 1.807) is 44.2 Å². The van der Waals surface area contributed by atoms with Crippen molar-refractivity contribution < 1.29 is 23.1 Å². The third-order valence-electron chi connectivity index (χ3n) is 6.66. The summed E-state index contributed by atoms with van der Waals surface area (Å²) in [6, 6.07) is 9.75. The maximum absolute atomic E-state index is 13.9. The Kier molecular flexibility index (Phi) is 6.51. The van der Waals surface area contributed by atoms with Crippen molar-refractivity contribution in [2.24, 2.45) is 5.92 Å². The molecule has 2 aliphatic rings. The predicted octanol–water partition coefficient (Wildman–Crippen LogP) is 4.95. The average Bonchev–Trinajstić information content (AvgIpc) is 3.04. The number of nitrogens with zero attached hydrogens (tertiary/aromatic N) is 1. The van der Waals surface area contributed by atoms with Crippen LogP contribution in [0.15, 0.2) is 47.4 Å². The van der Waals surface area contributed by atoms with Crippen molar-refractivity contribution in [3.8, 4) is 0 Å². The van der Waals surface area contributed by atoms with E-state index in [2.05, 4.69) is 0 Å². The highest BCUT2D eigenvalue weighted by atomic mass is 35.5. The van der Waals surface area contributed by atoms with E-state index in [0.29, 0.717) is 23.4 Å². The van der Waals surface area contributed by atoms with Crippen molar-refractivity contribution >= 4 is 33.3 Å². The highest BCUT2D eigenvalue weighted by Gasteiger charge is 2.61. The van der Waals surface area contributed by atoms with Gasteiger partial charge in [-0.2, -0.15) is 0 Å². The molecule has 6 nitrogen and oxygen atoms in total. The summed E-state index contributed by atoms with van der Waals surface area (Å²) in [6.07, 6.45) is 3.75. The number of aryl methyl sites for hydroxylation is 1. The lowest BCUT2D eigenvalue weighted by Gasteiger charge is -2.40. The molecule has 2 aromatic rings. The Morgan fingerprint density at radius 1 is 1.12 bits per heavy atom. The van der Waals surface area contributed by atoms with Gasteiger partial charge in [-0.25, -0.2) is 17.5 Å². The molecule has 0 saturated heterocycles. The van der Waals surface area contributed by atoms with Crippen molar-refractivity contribution in [2.45, 2.75) is 75.5 Å². The third-order valence-corrected chi connectivity index (χ3v) is 8.69. The minimum absolute atomic E-state index is 0.0456. The number of rotatable bonds is 5. The molecule has 0 aromatic heterocycles. The Morgan fingerprint density at radius 3 is 2.36 bits per heavy atom. The highest BCUT2D eigenvalue weighted by molar-refractivity contribution is 7.93. The molecular formula is C25H30ClNO5S. The van der Waals surface area contributed by atoms with Crippen molar-refractivity contribution in [2.75, 3.05) is 4.31 Å². The second-order valence-electron chi connectivity index (χ2n) is 9.32. The average molecular weight is 492 g/mol. The number of carbonyl (C=O) groups is 1. The van der Waals surface area contributed by atoms with E-state index in [-0.39, 0.29) is 16.5 Å². The summed E-state index contributed by atoms with van der Waals surface area (Å²) in [4.78, 5) is 13.5. The second-order valence-corrected chi connectivity index (χ2v) is 11.6. The van der Waals surface area contributed by atoms with Gasteiger partial charge in [-0.1, -0.05) is 48.6 Å². The summed E-state index contributed by atoms with van der Waals surface area (Å²) in [6.45, 7) is 5.28. The van der Waals surface area contributed by atoms with Crippen LogP contribution in [0.3, 0.4) is 0 Å². The van der Waals surface area contributed by atoms with E-state index in [0.717, 1.165) is 29.1 Å². The number of esters is 1. The third kappa shape index (κ3) is 4.15. The predicted molar refractivity (Wildman–Crippen MR) is 128 cm³/mol. The van der Waals surface area contributed by atoms with Crippen LogP contribution >= 0.6 is 11.6 Å². The van der Waals surface area contributed by atoms with E-state index in [4.69, 9.17) is 16.3 Å². The quantitative estimate of drug-likeness (QED) is 0.598. The highest BCUT2D eigenvalue weighted by Crippen LogP contribution is 2.54. The van der Waals surface area contributed by atoms with Gasteiger partial charge in [0.05, 0.1) is 16.7 Å². The van der Waals surface area contributed by atoms with Crippen molar-refractivity contribution in [1.29, 1.82) is 0 Å². The summed E-state index contributed by atoms with van der Waals surface area (Å²) < 4.78 is 34.5. The Hall–Kier alpha value is -2.09. The number of sulfonamides is 1. The minimum Gasteiger partial charge on any atom is -0.461 e. The fourth-order valence-electron chi connectivity index (χ4n) is 5.14. The number of ether oxygens (including phenoxy) is 1. The van der Waals surface area contributed by atoms with Crippen molar-refractivity contribution in [3.63, 3.8) is 0 Å². The van der Waals surface area contributed by atoms with Crippen LogP contribution in [0, 0.1) is 12.8 Å². The lowest BCUT2D eigenvalue weighted by Crippen LogP contribution is -2.56. The first-order chi connectivity index (χ1) is 15.6. The Balaban J connectivity index is 1.95. The summed E-state index contributed by atoms with van der Waals surface area (Å²) in [7, 11) is -4.19. The molecule has 1 N–H and O–H groups in total. The number of halogens is 1. The van der Waals surface area contributed by atoms with Crippen molar-refractivity contribution in [3.05, 3.63) is 58.6 Å². The molecule has 0 amide bonds. The molecule has 1 aliphatic carbocycles. The molecule has 1 aliphatic heterocycles. The minimum atomic E-state index is -4.19. The fourth-order valence-corrected chi connectivity index (χ4v) is 6.96. The number of benzene rings is 2. The number of anilines is 1. The van der Waals surface area contributed by atoms with Gasteiger partial charge in [-0.15, -0.1) is 0 Å². The van der Waals surface area contributed by atoms with E-state index < -0.39 is 33.7 Å². The van der Waals surface area contributed by atoms with E-state index in [1.165, 1.54) is 12.1 Å². The fraction of sp³-hybridized carbons (Fsp3) is 0.480. The zero-order valence-corrected chi connectivity index (χ0v) is 20.7. The lowest BCUT2D eigenvalue weighted by atomic mass is 9.71. The van der Waals surface area contributed by atoms with Crippen LogP contribution < -0.4 is 4.31 Å². The summed E-state index contributed by atoms with van der Waals surface area (Å²) in [5.41, 5.74) is -0.205. The molecule has 4 rings (SSSR count). The summed E-state index contributed by atoms with van der Waals surface area (Å²) in [5.74, 6) is -1.06. The smallest absolute Gasteiger partial charge is 0.333 e. The first kappa shape index (κ1) is 24.0. The largest absolute Gasteiger partial charge is 0.461 e. The van der Waals surface area contributed by atoms with Gasteiger partial charge in [0.2, 0.25) is 0 Å². The first-order valence-electron chi connectivity index (χ1n) is 11.4. The van der Waals surface area contributed by atoms with E-state index in [1.807, 2.05) is 6.92 Å². The van der Waals surface area contributed by atoms with Crippen LogP contribution in [-0.2, 0) is 25.2 Å². The van der Waals surface area contributed by atoms with Gasteiger partial charge < -0.3 is 9.84 Å². The Labute approximate surface area is 200 Å². The maximum Gasteiger partial charge on any atom is 0.333 e. The number of fused-ring (bicyclic) bond motifs is 1. The SMILES string of the molecule is Cc1ccc(S(=O)(=O)N2c3ccc(Cl)cc3C(O)(C3CCCCC3)C2C(=O)OC(C)C)cc1. The summed E-state index contributed by atoms with van der Waals surface area (Å²) >= 11 is 6.30. The monoisotopic (exact) mass is 491 g/mol. The molecule has 1 heterocycles. The van der Waals surface area contributed by atoms with Crippen LogP contribution in [0.5, 0.6) is 0 Å². The van der Waals surface area contributed by atoms with Gasteiger partial charge in [-0.3, -0.25) is 0 Å². The Morgan fingerprint density at radius 2 is 1.76 bits per heavy atom. The van der Waals surface area contributed by atoms with Gasteiger partial charge in [0.25, 0.3) is 10.0 Å². The molecule has 0 radical (unpaired) electrons. The Bertz CT molecular complexity index is 1140.